The van der Waals surface area contributed by atoms with Crippen LogP contribution in [0.4, 0.5) is 13.2 Å². The third-order valence-corrected chi connectivity index (χ3v) is 2.92. The number of hydrogen-bond donors (Lipinski definition) is 0. The van der Waals surface area contributed by atoms with Gasteiger partial charge in [-0.15, -0.1) is 0 Å². The standard InChI is InChI=1S/C9H12F3IN2/c1-5-6(9(10,11)12)7(13)15(14-5)8(2,3)4/h1-4H3. The van der Waals surface area contributed by atoms with E-state index in [9.17, 15) is 13.2 Å². The van der Waals surface area contributed by atoms with E-state index in [1.165, 1.54) is 11.6 Å². The molecule has 1 aromatic heterocycles. The maximum absolute atomic E-state index is 12.7. The van der Waals surface area contributed by atoms with E-state index < -0.39 is 17.3 Å². The van der Waals surface area contributed by atoms with E-state index in [0.29, 0.717) is 0 Å². The second kappa shape index (κ2) is 3.64. The highest BCUT2D eigenvalue weighted by Crippen LogP contribution is 2.36. The van der Waals surface area contributed by atoms with Crippen LogP contribution in [-0.2, 0) is 11.7 Å². The first-order valence-corrected chi connectivity index (χ1v) is 5.46. The number of hydrogen-bond acceptors (Lipinski definition) is 1. The Bertz CT molecular complexity index is 374. The minimum atomic E-state index is -4.33. The van der Waals surface area contributed by atoms with Crippen molar-refractivity contribution in [2.75, 3.05) is 0 Å². The van der Waals surface area contributed by atoms with Crippen LogP contribution in [0.25, 0.3) is 0 Å². The number of nitrogens with zero attached hydrogens (tertiary/aromatic N) is 2. The summed E-state index contributed by atoms with van der Waals surface area (Å²) in [6, 6.07) is 0. The van der Waals surface area contributed by atoms with Crippen LogP contribution in [0.15, 0.2) is 0 Å². The molecule has 0 N–H and O–H groups in total. The summed E-state index contributed by atoms with van der Waals surface area (Å²) in [5.74, 6) is 0. The first kappa shape index (κ1) is 12.8. The summed E-state index contributed by atoms with van der Waals surface area (Å²) < 4.78 is 39.5. The molecule has 0 atom stereocenters. The zero-order chi connectivity index (χ0) is 12.0. The van der Waals surface area contributed by atoms with Crippen molar-refractivity contribution < 1.29 is 13.2 Å². The lowest BCUT2D eigenvalue weighted by molar-refractivity contribution is -0.138. The molecule has 0 bridgehead atoms. The van der Waals surface area contributed by atoms with Crippen molar-refractivity contribution in [2.45, 2.75) is 39.4 Å². The summed E-state index contributed by atoms with van der Waals surface area (Å²) in [7, 11) is 0. The largest absolute Gasteiger partial charge is 0.420 e. The fourth-order valence-electron chi connectivity index (χ4n) is 1.27. The van der Waals surface area contributed by atoms with Gasteiger partial charge in [0.25, 0.3) is 0 Å². The maximum atomic E-state index is 12.7. The Morgan fingerprint density at radius 2 is 1.67 bits per heavy atom. The number of halogens is 4. The van der Waals surface area contributed by atoms with Gasteiger partial charge in [0.1, 0.15) is 9.26 Å². The summed E-state index contributed by atoms with van der Waals surface area (Å²) in [4.78, 5) is 0. The smallest absolute Gasteiger partial charge is 0.253 e. The van der Waals surface area contributed by atoms with Gasteiger partial charge < -0.3 is 0 Å². The molecular formula is C9H12F3IN2. The second-order valence-corrected chi connectivity index (χ2v) is 5.35. The summed E-state index contributed by atoms with van der Waals surface area (Å²) in [5.41, 5.74) is -1.04. The lowest BCUT2D eigenvalue weighted by Gasteiger charge is -2.20. The molecule has 1 heterocycles. The van der Waals surface area contributed by atoms with Gasteiger partial charge in [0.15, 0.2) is 0 Å². The molecule has 0 saturated heterocycles. The average Bonchev–Trinajstić information content (AvgIpc) is 2.22. The summed E-state index contributed by atoms with van der Waals surface area (Å²) >= 11 is 1.69. The minimum absolute atomic E-state index is 0.0295. The monoisotopic (exact) mass is 332 g/mol. The molecule has 0 aliphatic heterocycles. The van der Waals surface area contributed by atoms with Gasteiger partial charge in [0.05, 0.1) is 11.2 Å². The molecule has 0 aliphatic rings. The Morgan fingerprint density at radius 3 is 1.87 bits per heavy atom. The predicted octanol–water partition coefficient (Wildman–Crippen LogP) is 3.57. The lowest BCUT2D eigenvalue weighted by atomic mass is 10.1. The molecule has 0 radical (unpaired) electrons. The zero-order valence-electron chi connectivity index (χ0n) is 8.91. The van der Waals surface area contributed by atoms with Crippen LogP contribution in [0.5, 0.6) is 0 Å². The van der Waals surface area contributed by atoms with E-state index in [1.54, 1.807) is 22.6 Å². The van der Waals surface area contributed by atoms with E-state index in [1.807, 2.05) is 20.8 Å². The summed E-state index contributed by atoms with van der Waals surface area (Å²) in [6.45, 7) is 6.85. The van der Waals surface area contributed by atoms with Crippen molar-refractivity contribution in [1.82, 2.24) is 9.78 Å². The topological polar surface area (TPSA) is 17.8 Å². The highest BCUT2D eigenvalue weighted by Gasteiger charge is 2.39. The van der Waals surface area contributed by atoms with Crippen molar-refractivity contribution in [2.24, 2.45) is 0 Å². The van der Waals surface area contributed by atoms with Crippen LogP contribution in [0.1, 0.15) is 32.0 Å². The molecule has 0 fully saturated rings. The first-order chi connectivity index (χ1) is 6.55. The van der Waals surface area contributed by atoms with Gasteiger partial charge in [-0.3, -0.25) is 4.68 Å². The molecule has 86 valence electrons. The van der Waals surface area contributed by atoms with E-state index in [-0.39, 0.29) is 9.39 Å². The van der Waals surface area contributed by atoms with Gasteiger partial charge >= 0.3 is 6.18 Å². The van der Waals surface area contributed by atoms with Gasteiger partial charge in [-0.25, -0.2) is 0 Å². The molecule has 0 saturated carbocycles. The molecule has 15 heavy (non-hydrogen) atoms. The van der Waals surface area contributed by atoms with Crippen molar-refractivity contribution in [3.05, 3.63) is 15.0 Å². The zero-order valence-corrected chi connectivity index (χ0v) is 11.1. The third-order valence-electron chi connectivity index (χ3n) is 1.92. The number of alkyl halides is 3. The lowest BCUT2D eigenvalue weighted by Crippen LogP contribution is -2.25. The van der Waals surface area contributed by atoms with E-state index in [0.717, 1.165) is 0 Å². The highest BCUT2D eigenvalue weighted by molar-refractivity contribution is 14.1. The Balaban J connectivity index is 3.41. The average molecular weight is 332 g/mol. The molecular weight excluding hydrogens is 320 g/mol. The van der Waals surface area contributed by atoms with Crippen LogP contribution in [0.2, 0.25) is 0 Å². The summed E-state index contributed by atoms with van der Waals surface area (Å²) in [5, 5.41) is 3.94. The van der Waals surface area contributed by atoms with Gasteiger partial charge in [0.2, 0.25) is 0 Å². The van der Waals surface area contributed by atoms with Crippen molar-refractivity contribution in [3.8, 4) is 0 Å². The molecule has 0 spiro atoms. The normalized spacial score (nSPS) is 13.3. The minimum Gasteiger partial charge on any atom is -0.253 e. The van der Waals surface area contributed by atoms with Crippen molar-refractivity contribution in [3.63, 3.8) is 0 Å². The highest BCUT2D eigenvalue weighted by atomic mass is 127. The van der Waals surface area contributed by atoms with Crippen LogP contribution in [0.3, 0.4) is 0 Å². The second-order valence-electron chi connectivity index (χ2n) is 4.33. The fourth-order valence-corrected chi connectivity index (χ4v) is 2.79. The third kappa shape index (κ3) is 2.46. The summed E-state index contributed by atoms with van der Waals surface area (Å²) in [6.07, 6.45) is -4.33. The molecule has 1 rings (SSSR count). The van der Waals surface area contributed by atoms with Crippen molar-refractivity contribution >= 4 is 22.6 Å². The number of rotatable bonds is 0. The number of aryl methyl sites for hydroxylation is 1. The van der Waals surface area contributed by atoms with Gasteiger partial charge in [-0.1, -0.05) is 0 Å². The van der Waals surface area contributed by atoms with Gasteiger partial charge in [-0.2, -0.15) is 18.3 Å². The van der Waals surface area contributed by atoms with E-state index in [4.69, 9.17) is 0 Å². The van der Waals surface area contributed by atoms with Crippen molar-refractivity contribution in [1.29, 1.82) is 0 Å². The molecule has 2 nitrogen and oxygen atoms in total. The Kier molecular flexibility index (Phi) is 3.10. The SMILES string of the molecule is Cc1nn(C(C)(C)C)c(I)c1C(F)(F)F. The maximum Gasteiger partial charge on any atom is 0.420 e. The Hall–Kier alpha value is -0.270. The molecule has 6 heteroatoms. The fraction of sp³-hybridized carbons (Fsp3) is 0.667. The van der Waals surface area contributed by atoms with Gasteiger partial charge in [0, 0.05) is 0 Å². The molecule has 0 unspecified atom stereocenters. The van der Waals surface area contributed by atoms with Crippen LogP contribution < -0.4 is 0 Å². The molecule has 1 aromatic rings. The first-order valence-electron chi connectivity index (χ1n) is 4.38. The molecule has 0 aromatic carbocycles. The van der Waals surface area contributed by atoms with Crippen LogP contribution in [-0.4, -0.2) is 9.78 Å². The van der Waals surface area contributed by atoms with Crippen LogP contribution >= 0.6 is 22.6 Å². The number of aromatic nitrogens is 2. The van der Waals surface area contributed by atoms with E-state index in [2.05, 4.69) is 5.10 Å². The molecule has 0 amide bonds. The predicted molar refractivity (Wildman–Crippen MR) is 59.7 cm³/mol. The van der Waals surface area contributed by atoms with Gasteiger partial charge in [-0.05, 0) is 50.3 Å². The molecule has 0 aliphatic carbocycles. The quantitative estimate of drug-likeness (QED) is 0.664. The van der Waals surface area contributed by atoms with Crippen LogP contribution in [0, 0.1) is 10.6 Å². The van der Waals surface area contributed by atoms with E-state index >= 15 is 0 Å². The Labute approximate surface area is 100.0 Å². The Morgan fingerprint density at radius 1 is 1.20 bits per heavy atom.